The molecular formula is C22H22ClN3O4. The molecule has 2 aromatic carbocycles. The summed E-state index contributed by atoms with van der Waals surface area (Å²) in [4.78, 5) is 38.8. The van der Waals surface area contributed by atoms with Gasteiger partial charge in [0, 0.05) is 22.5 Å². The maximum Gasteiger partial charge on any atom is 0.311 e. The molecular weight excluding hydrogens is 406 g/mol. The second-order valence-electron chi connectivity index (χ2n) is 6.73. The fraction of sp³-hybridized carbons (Fsp3) is 0.227. The van der Waals surface area contributed by atoms with Crippen LogP contribution in [0.1, 0.15) is 18.9 Å². The lowest BCUT2D eigenvalue weighted by molar-refractivity contribution is -0.142. The van der Waals surface area contributed by atoms with E-state index in [1.165, 1.54) is 11.0 Å². The topological polar surface area (TPSA) is 87.7 Å². The van der Waals surface area contributed by atoms with E-state index in [1.54, 1.807) is 49.4 Å². The van der Waals surface area contributed by atoms with Crippen LogP contribution in [0, 0.1) is 6.92 Å². The fourth-order valence-electron chi connectivity index (χ4n) is 3.06. The van der Waals surface area contributed by atoms with Crippen molar-refractivity contribution in [3.05, 3.63) is 64.8 Å². The van der Waals surface area contributed by atoms with Crippen molar-refractivity contribution in [2.24, 2.45) is 0 Å². The van der Waals surface area contributed by atoms with Crippen LogP contribution in [0.5, 0.6) is 0 Å². The third kappa shape index (κ3) is 5.18. The van der Waals surface area contributed by atoms with Crippen molar-refractivity contribution in [3.63, 3.8) is 0 Å². The van der Waals surface area contributed by atoms with Crippen molar-refractivity contribution < 1.29 is 19.1 Å². The Morgan fingerprint density at radius 2 is 1.97 bits per heavy atom. The highest BCUT2D eigenvalue weighted by molar-refractivity contribution is 6.31. The summed E-state index contributed by atoms with van der Waals surface area (Å²) in [5, 5.41) is 6.40. The van der Waals surface area contributed by atoms with Gasteiger partial charge in [-0.25, -0.2) is 0 Å². The molecule has 3 rings (SSSR count). The van der Waals surface area contributed by atoms with E-state index in [9.17, 15) is 14.4 Å². The number of rotatable bonds is 6. The van der Waals surface area contributed by atoms with Gasteiger partial charge in [-0.2, -0.15) is 0 Å². The Labute approximate surface area is 179 Å². The molecule has 0 radical (unpaired) electrons. The monoisotopic (exact) mass is 427 g/mol. The number of benzene rings is 2. The van der Waals surface area contributed by atoms with Crippen molar-refractivity contribution in [3.8, 4) is 0 Å². The lowest BCUT2D eigenvalue weighted by Gasteiger charge is -2.22. The number of fused-ring (bicyclic) bond motifs is 1. The summed E-state index contributed by atoms with van der Waals surface area (Å²) in [6.07, 6.45) is 1.24. The third-order valence-electron chi connectivity index (χ3n) is 4.47. The zero-order valence-corrected chi connectivity index (χ0v) is 17.5. The Bertz CT molecular complexity index is 1020. The first-order valence-corrected chi connectivity index (χ1v) is 9.85. The van der Waals surface area contributed by atoms with Crippen LogP contribution in [0.25, 0.3) is 0 Å². The number of anilines is 3. The van der Waals surface area contributed by atoms with Crippen LogP contribution in [0.15, 0.2) is 54.2 Å². The zero-order valence-electron chi connectivity index (χ0n) is 16.7. The summed E-state index contributed by atoms with van der Waals surface area (Å²) in [5.74, 6) is -1.22. The van der Waals surface area contributed by atoms with Crippen molar-refractivity contribution >= 4 is 46.4 Å². The van der Waals surface area contributed by atoms with Gasteiger partial charge in [0.2, 0.25) is 5.91 Å². The minimum absolute atomic E-state index is 0.0738. The van der Waals surface area contributed by atoms with Gasteiger partial charge in [0.1, 0.15) is 6.54 Å². The van der Waals surface area contributed by atoms with Crippen LogP contribution in [-0.2, 0) is 19.1 Å². The van der Waals surface area contributed by atoms with Crippen LogP contribution < -0.4 is 15.5 Å². The van der Waals surface area contributed by atoms with E-state index in [2.05, 4.69) is 10.6 Å². The Balaban J connectivity index is 1.83. The van der Waals surface area contributed by atoms with E-state index in [4.69, 9.17) is 16.3 Å². The first-order valence-electron chi connectivity index (χ1n) is 9.47. The highest BCUT2D eigenvalue weighted by atomic mass is 35.5. The molecule has 30 heavy (non-hydrogen) atoms. The Morgan fingerprint density at radius 3 is 2.73 bits per heavy atom. The molecule has 2 N–H and O–H groups in total. The molecule has 0 saturated heterocycles. The molecule has 0 atom stereocenters. The Hall–Kier alpha value is -3.32. The predicted octanol–water partition coefficient (Wildman–Crippen LogP) is 3.88. The normalized spacial score (nSPS) is 13.0. The molecule has 0 bridgehead atoms. The summed E-state index contributed by atoms with van der Waals surface area (Å²) in [6, 6.07) is 12.3. The van der Waals surface area contributed by atoms with E-state index >= 15 is 0 Å². The molecule has 0 spiro atoms. The summed E-state index contributed by atoms with van der Waals surface area (Å²) in [6.45, 7) is 3.63. The third-order valence-corrected chi connectivity index (χ3v) is 4.70. The molecule has 1 aliphatic rings. The summed E-state index contributed by atoms with van der Waals surface area (Å²) >= 11 is 6.01. The standard InChI is InChI=1S/C22H22ClN3O4/c1-3-30-22(29)12-16-11-21(28)26(19-7-5-4-6-17(19)24-16)13-20(27)25-18-10-15(23)9-8-14(18)2/h4-11,24H,3,12-13H2,1-2H3,(H,25,27). The molecule has 0 aromatic heterocycles. The van der Waals surface area contributed by atoms with Gasteiger partial charge in [-0.15, -0.1) is 0 Å². The van der Waals surface area contributed by atoms with Gasteiger partial charge in [-0.05, 0) is 43.7 Å². The summed E-state index contributed by atoms with van der Waals surface area (Å²) in [5.41, 5.74) is 2.99. The average Bonchev–Trinajstić information content (AvgIpc) is 2.81. The zero-order chi connectivity index (χ0) is 21.7. The molecule has 2 aromatic rings. The first kappa shape index (κ1) is 21.4. The van der Waals surface area contributed by atoms with E-state index in [0.717, 1.165) is 5.56 Å². The predicted molar refractivity (Wildman–Crippen MR) is 117 cm³/mol. The molecule has 0 fully saturated rings. The Kier molecular flexibility index (Phi) is 6.74. The second-order valence-corrected chi connectivity index (χ2v) is 7.16. The van der Waals surface area contributed by atoms with Gasteiger partial charge >= 0.3 is 5.97 Å². The summed E-state index contributed by atoms with van der Waals surface area (Å²) < 4.78 is 4.97. The number of hydrogen-bond donors (Lipinski definition) is 2. The van der Waals surface area contributed by atoms with Gasteiger partial charge in [-0.1, -0.05) is 29.8 Å². The molecule has 1 aliphatic heterocycles. The van der Waals surface area contributed by atoms with Crippen molar-refractivity contribution in [2.75, 3.05) is 28.7 Å². The number of halogens is 1. The number of nitrogens with zero attached hydrogens (tertiary/aromatic N) is 1. The van der Waals surface area contributed by atoms with Gasteiger partial charge in [0.05, 0.1) is 24.4 Å². The number of carbonyl (C=O) groups is 3. The van der Waals surface area contributed by atoms with Crippen LogP contribution in [-0.4, -0.2) is 30.9 Å². The molecule has 0 unspecified atom stereocenters. The van der Waals surface area contributed by atoms with Gasteiger partial charge in [-0.3, -0.25) is 19.3 Å². The minimum atomic E-state index is -0.441. The Morgan fingerprint density at radius 1 is 1.20 bits per heavy atom. The molecule has 0 saturated carbocycles. The number of amides is 2. The van der Waals surface area contributed by atoms with Crippen LogP contribution >= 0.6 is 11.6 Å². The van der Waals surface area contributed by atoms with E-state index in [-0.39, 0.29) is 25.5 Å². The lowest BCUT2D eigenvalue weighted by Crippen LogP contribution is -2.37. The number of carbonyl (C=O) groups excluding carboxylic acids is 3. The van der Waals surface area contributed by atoms with Gasteiger partial charge < -0.3 is 15.4 Å². The largest absolute Gasteiger partial charge is 0.466 e. The minimum Gasteiger partial charge on any atom is -0.466 e. The maximum atomic E-state index is 12.9. The molecule has 2 amide bonds. The maximum absolute atomic E-state index is 12.9. The van der Waals surface area contributed by atoms with Gasteiger partial charge in [0.15, 0.2) is 0 Å². The fourth-order valence-corrected chi connectivity index (χ4v) is 3.23. The number of esters is 1. The lowest BCUT2D eigenvalue weighted by atomic mass is 10.2. The molecule has 7 nitrogen and oxygen atoms in total. The second kappa shape index (κ2) is 9.45. The average molecular weight is 428 g/mol. The van der Waals surface area contributed by atoms with E-state index < -0.39 is 11.9 Å². The van der Waals surface area contributed by atoms with Crippen molar-refractivity contribution in [1.82, 2.24) is 0 Å². The van der Waals surface area contributed by atoms with E-state index in [1.807, 2.05) is 6.92 Å². The first-order chi connectivity index (χ1) is 14.4. The van der Waals surface area contributed by atoms with Crippen LogP contribution in [0.2, 0.25) is 5.02 Å². The number of ether oxygens (including phenoxy) is 1. The molecule has 156 valence electrons. The van der Waals surface area contributed by atoms with Crippen molar-refractivity contribution in [2.45, 2.75) is 20.3 Å². The van der Waals surface area contributed by atoms with E-state index in [0.29, 0.717) is 27.8 Å². The number of para-hydroxylation sites is 2. The van der Waals surface area contributed by atoms with Gasteiger partial charge in [0.25, 0.3) is 5.91 Å². The number of nitrogens with one attached hydrogen (secondary N) is 2. The van der Waals surface area contributed by atoms with Crippen LogP contribution in [0.4, 0.5) is 17.1 Å². The number of aryl methyl sites for hydroxylation is 1. The number of hydrogen-bond acceptors (Lipinski definition) is 5. The smallest absolute Gasteiger partial charge is 0.311 e. The quantitative estimate of drug-likeness (QED) is 0.683. The molecule has 0 aliphatic carbocycles. The molecule has 1 heterocycles. The highest BCUT2D eigenvalue weighted by Gasteiger charge is 2.25. The highest BCUT2D eigenvalue weighted by Crippen LogP contribution is 2.30. The van der Waals surface area contributed by atoms with Crippen LogP contribution in [0.3, 0.4) is 0 Å². The summed E-state index contributed by atoms with van der Waals surface area (Å²) in [7, 11) is 0. The SMILES string of the molecule is CCOC(=O)CC1=CC(=O)N(CC(=O)Nc2cc(Cl)ccc2C)c2ccccc2N1. The van der Waals surface area contributed by atoms with Crippen molar-refractivity contribution in [1.29, 1.82) is 0 Å². The molecule has 8 heteroatoms.